The zero-order valence-corrected chi connectivity index (χ0v) is 13.7. The Morgan fingerprint density at radius 1 is 1.08 bits per heavy atom. The first-order valence-electron chi connectivity index (χ1n) is 7.78. The van der Waals surface area contributed by atoms with Crippen LogP contribution in [-0.2, 0) is 4.79 Å². The molecule has 0 unspecified atom stereocenters. The second-order valence-corrected chi connectivity index (χ2v) is 5.56. The molecular weight excluding hydrogens is 298 g/mol. The molecule has 2 heterocycles. The molecule has 0 bridgehead atoms. The molecule has 120 valence electrons. The molecule has 1 amide bonds. The number of carbonyl (C=O) groups excluding carboxylic acids is 1. The molecule has 0 atom stereocenters. The van der Waals surface area contributed by atoms with Crippen molar-refractivity contribution >= 4 is 17.7 Å². The molecule has 0 radical (unpaired) electrons. The Morgan fingerprint density at radius 3 is 2.50 bits per heavy atom. The second-order valence-electron chi connectivity index (χ2n) is 5.56. The molecule has 2 aromatic heterocycles. The van der Waals surface area contributed by atoms with Crippen LogP contribution in [0.3, 0.4) is 0 Å². The highest BCUT2D eigenvalue weighted by molar-refractivity contribution is 6.01. The quantitative estimate of drug-likeness (QED) is 0.735. The molecule has 0 saturated carbocycles. The van der Waals surface area contributed by atoms with Gasteiger partial charge in [0.1, 0.15) is 0 Å². The molecule has 0 aliphatic rings. The number of pyridine rings is 1. The fraction of sp³-hybridized carbons (Fsp3) is 0.100. The van der Waals surface area contributed by atoms with Gasteiger partial charge in [-0.05, 0) is 55.8 Å². The Labute approximate surface area is 141 Å². The van der Waals surface area contributed by atoms with Crippen LogP contribution in [0.15, 0.2) is 67.0 Å². The Morgan fingerprint density at radius 2 is 1.79 bits per heavy atom. The third-order valence-electron chi connectivity index (χ3n) is 3.85. The molecule has 24 heavy (non-hydrogen) atoms. The Balaban J connectivity index is 1.80. The van der Waals surface area contributed by atoms with Gasteiger partial charge in [0.05, 0.1) is 0 Å². The van der Waals surface area contributed by atoms with E-state index < -0.39 is 0 Å². The number of hydrogen-bond donors (Lipinski definition) is 1. The lowest BCUT2D eigenvalue weighted by molar-refractivity contribution is -0.111. The lowest BCUT2D eigenvalue weighted by Crippen LogP contribution is -2.07. The molecular formula is C20H19N3O. The van der Waals surface area contributed by atoms with Gasteiger partial charge in [0.25, 0.3) is 0 Å². The molecule has 1 N–H and O–H groups in total. The lowest BCUT2D eigenvalue weighted by Gasteiger charge is -2.09. The Kier molecular flexibility index (Phi) is 4.57. The van der Waals surface area contributed by atoms with Gasteiger partial charge in [-0.1, -0.05) is 18.2 Å². The topological polar surface area (TPSA) is 46.9 Å². The third kappa shape index (κ3) is 3.43. The van der Waals surface area contributed by atoms with Crippen molar-refractivity contribution in [3.05, 3.63) is 84.0 Å². The van der Waals surface area contributed by atoms with Crippen molar-refractivity contribution in [1.29, 1.82) is 0 Å². The van der Waals surface area contributed by atoms with Crippen LogP contribution in [0.4, 0.5) is 5.69 Å². The first-order chi connectivity index (χ1) is 11.6. The molecule has 4 heteroatoms. The highest BCUT2D eigenvalue weighted by atomic mass is 16.1. The third-order valence-corrected chi connectivity index (χ3v) is 3.85. The lowest BCUT2D eigenvalue weighted by atomic mass is 10.2. The van der Waals surface area contributed by atoms with E-state index in [1.165, 1.54) is 0 Å². The van der Waals surface area contributed by atoms with Crippen LogP contribution in [0, 0.1) is 13.8 Å². The normalized spacial score (nSPS) is 10.9. The molecule has 3 rings (SSSR count). The van der Waals surface area contributed by atoms with Gasteiger partial charge in [-0.3, -0.25) is 9.78 Å². The maximum absolute atomic E-state index is 12.0. The summed E-state index contributed by atoms with van der Waals surface area (Å²) < 4.78 is 2.18. The van der Waals surface area contributed by atoms with Gasteiger partial charge in [0, 0.05) is 41.2 Å². The minimum absolute atomic E-state index is 0.161. The Bertz CT molecular complexity index is 865. The van der Waals surface area contributed by atoms with E-state index in [0.717, 1.165) is 28.3 Å². The van der Waals surface area contributed by atoms with Crippen LogP contribution >= 0.6 is 0 Å². The fourth-order valence-electron chi connectivity index (χ4n) is 2.72. The van der Waals surface area contributed by atoms with E-state index in [1.54, 1.807) is 30.6 Å². The minimum atomic E-state index is -0.161. The summed E-state index contributed by atoms with van der Waals surface area (Å²) in [7, 11) is 0. The summed E-state index contributed by atoms with van der Waals surface area (Å²) in [6.07, 6.45) is 6.69. The zero-order chi connectivity index (χ0) is 16.9. The smallest absolute Gasteiger partial charge is 0.248 e. The molecule has 0 aliphatic carbocycles. The summed E-state index contributed by atoms with van der Waals surface area (Å²) >= 11 is 0. The van der Waals surface area contributed by atoms with Crippen LogP contribution in [0.25, 0.3) is 11.8 Å². The summed E-state index contributed by atoms with van der Waals surface area (Å²) in [4.78, 5) is 16.0. The Hall–Kier alpha value is -3.14. The number of benzene rings is 1. The SMILES string of the molecule is Cc1cc(/C=C/C(=O)Nc2ccncc2)c(C)n1-c1ccccc1. The highest BCUT2D eigenvalue weighted by Gasteiger charge is 2.08. The van der Waals surface area contributed by atoms with Crippen LogP contribution in [0.1, 0.15) is 17.0 Å². The van der Waals surface area contributed by atoms with Crippen LogP contribution < -0.4 is 5.32 Å². The fourth-order valence-corrected chi connectivity index (χ4v) is 2.72. The van der Waals surface area contributed by atoms with Gasteiger partial charge in [-0.15, -0.1) is 0 Å². The monoisotopic (exact) mass is 317 g/mol. The molecule has 3 aromatic rings. The standard InChI is InChI=1S/C20H19N3O/c1-15-14-17(16(2)23(15)19-6-4-3-5-7-19)8-9-20(24)22-18-10-12-21-13-11-18/h3-14H,1-2H3,(H,21,22,24)/b9-8+. The summed E-state index contributed by atoms with van der Waals surface area (Å²) in [6, 6.07) is 15.8. The molecule has 4 nitrogen and oxygen atoms in total. The molecule has 0 aliphatic heterocycles. The highest BCUT2D eigenvalue weighted by Crippen LogP contribution is 2.21. The number of amides is 1. The van der Waals surface area contributed by atoms with Crippen LogP contribution in [-0.4, -0.2) is 15.5 Å². The van der Waals surface area contributed by atoms with Gasteiger partial charge >= 0.3 is 0 Å². The average Bonchev–Trinajstić information content (AvgIpc) is 2.88. The van der Waals surface area contributed by atoms with Crippen molar-refractivity contribution in [1.82, 2.24) is 9.55 Å². The van der Waals surface area contributed by atoms with Crippen molar-refractivity contribution in [3.8, 4) is 5.69 Å². The van der Waals surface area contributed by atoms with Gasteiger partial charge in [-0.2, -0.15) is 0 Å². The van der Waals surface area contributed by atoms with Gasteiger partial charge in [-0.25, -0.2) is 0 Å². The summed E-state index contributed by atoms with van der Waals surface area (Å²) in [6.45, 7) is 4.12. The van der Waals surface area contributed by atoms with Crippen molar-refractivity contribution < 1.29 is 4.79 Å². The van der Waals surface area contributed by atoms with E-state index in [2.05, 4.69) is 46.9 Å². The number of anilines is 1. The molecule has 1 aromatic carbocycles. The number of aromatic nitrogens is 2. The van der Waals surface area contributed by atoms with E-state index in [0.29, 0.717) is 0 Å². The number of aryl methyl sites for hydroxylation is 1. The number of nitrogens with one attached hydrogen (secondary N) is 1. The van der Waals surface area contributed by atoms with Crippen LogP contribution in [0.2, 0.25) is 0 Å². The maximum Gasteiger partial charge on any atom is 0.248 e. The van der Waals surface area contributed by atoms with Crippen LogP contribution in [0.5, 0.6) is 0 Å². The predicted molar refractivity (Wildman–Crippen MR) is 97.1 cm³/mol. The summed E-state index contributed by atoms with van der Waals surface area (Å²) in [5.41, 5.74) is 5.11. The van der Waals surface area contributed by atoms with Crippen molar-refractivity contribution in [2.45, 2.75) is 13.8 Å². The maximum atomic E-state index is 12.0. The average molecular weight is 317 g/mol. The number of hydrogen-bond acceptors (Lipinski definition) is 2. The molecule has 0 fully saturated rings. The first-order valence-corrected chi connectivity index (χ1v) is 7.78. The number of nitrogens with zero attached hydrogens (tertiary/aromatic N) is 2. The van der Waals surface area contributed by atoms with Gasteiger partial charge in [0.15, 0.2) is 0 Å². The van der Waals surface area contributed by atoms with E-state index in [-0.39, 0.29) is 5.91 Å². The second kappa shape index (κ2) is 6.96. The van der Waals surface area contributed by atoms with Gasteiger partial charge in [0.2, 0.25) is 5.91 Å². The van der Waals surface area contributed by atoms with Crippen molar-refractivity contribution in [3.63, 3.8) is 0 Å². The van der Waals surface area contributed by atoms with E-state index in [1.807, 2.05) is 24.3 Å². The minimum Gasteiger partial charge on any atom is -0.322 e. The van der Waals surface area contributed by atoms with E-state index in [9.17, 15) is 4.79 Å². The van der Waals surface area contributed by atoms with Gasteiger partial charge < -0.3 is 9.88 Å². The predicted octanol–water partition coefficient (Wildman–Crippen LogP) is 4.14. The summed E-state index contributed by atoms with van der Waals surface area (Å²) in [5, 5.41) is 2.81. The van der Waals surface area contributed by atoms with Crippen molar-refractivity contribution in [2.75, 3.05) is 5.32 Å². The van der Waals surface area contributed by atoms with E-state index in [4.69, 9.17) is 0 Å². The first kappa shape index (κ1) is 15.7. The molecule has 0 spiro atoms. The zero-order valence-electron chi connectivity index (χ0n) is 13.7. The van der Waals surface area contributed by atoms with E-state index >= 15 is 0 Å². The molecule has 0 saturated heterocycles. The number of para-hydroxylation sites is 1. The number of carbonyl (C=O) groups is 1. The largest absolute Gasteiger partial charge is 0.322 e. The van der Waals surface area contributed by atoms with Crippen molar-refractivity contribution in [2.24, 2.45) is 0 Å². The summed E-state index contributed by atoms with van der Waals surface area (Å²) in [5.74, 6) is -0.161. The number of rotatable bonds is 4.